The van der Waals surface area contributed by atoms with Crippen molar-refractivity contribution in [3.05, 3.63) is 72.6 Å². The van der Waals surface area contributed by atoms with Crippen LogP contribution in [0.5, 0.6) is 5.75 Å². The number of hydroxylamine groups is 1. The maximum atomic E-state index is 14.0. The Labute approximate surface area is 274 Å². The third-order valence-corrected chi connectivity index (χ3v) is 9.31. The molecule has 3 aromatic rings. The number of amides is 1. The summed E-state index contributed by atoms with van der Waals surface area (Å²) in [7, 11) is 1.60. The van der Waals surface area contributed by atoms with Crippen LogP contribution in [0.4, 0.5) is 37.5 Å². The van der Waals surface area contributed by atoms with Crippen LogP contribution in [0.25, 0.3) is 0 Å². The van der Waals surface area contributed by atoms with Crippen LogP contribution in [-0.4, -0.2) is 91.2 Å². The molecule has 0 saturated carbocycles. The van der Waals surface area contributed by atoms with Gasteiger partial charge < -0.3 is 25.2 Å². The van der Waals surface area contributed by atoms with Gasteiger partial charge in [-0.3, -0.25) is 14.5 Å². The maximum absolute atomic E-state index is 14.0. The number of aromatic nitrogens is 2. The number of carbonyl (C=O) groups excluding carboxylic acids is 1. The van der Waals surface area contributed by atoms with Gasteiger partial charge in [-0.15, -0.1) is 0 Å². The molecule has 1 atom stereocenters. The topological polar surface area (TPSA) is 98.3 Å². The fourth-order valence-corrected chi connectivity index (χ4v) is 6.69. The molecule has 13 heteroatoms. The van der Waals surface area contributed by atoms with Crippen LogP contribution in [0.2, 0.25) is 0 Å². The molecule has 6 rings (SSSR count). The molecule has 0 unspecified atom stereocenters. The Hall–Kier alpha value is -4.33. The first-order chi connectivity index (χ1) is 22.9. The van der Waals surface area contributed by atoms with Gasteiger partial charge in [0.2, 0.25) is 5.91 Å². The second-order valence-corrected chi connectivity index (χ2v) is 12.0. The Balaban J connectivity index is 1.21. The summed E-state index contributed by atoms with van der Waals surface area (Å²) in [5.41, 5.74) is 2.67. The quantitative estimate of drug-likeness (QED) is 0.289. The predicted molar refractivity (Wildman–Crippen MR) is 178 cm³/mol. The average molecular weight is 649 g/mol. The summed E-state index contributed by atoms with van der Waals surface area (Å²) in [5, 5.41) is 7.87. The normalized spacial score (nSPS) is 19.5. The zero-order chi connectivity index (χ0) is 32.9. The number of anilines is 5. The minimum Gasteiger partial charge on any atom is -0.494 e. The fourth-order valence-electron chi connectivity index (χ4n) is 6.69. The number of nitrogens with zero attached hydrogens (tertiary/aromatic N) is 6. The number of likely N-dealkylation sites (N-methyl/N-ethyl adjacent to an activating group) is 1. The number of benzene rings is 2. The molecule has 3 aliphatic heterocycles. The van der Waals surface area contributed by atoms with E-state index >= 15 is 0 Å². The van der Waals surface area contributed by atoms with Crippen LogP contribution in [0.1, 0.15) is 37.8 Å². The van der Waals surface area contributed by atoms with Crippen molar-refractivity contribution in [1.29, 1.82) is 0 Å². The highest BCUT2D eigenvalue weighted by Crippen LogP contribution is 2.40. The van der Waals surface area contributed by atoms with Crippen molar-refractivity contribution in [1.82, 2.24) is 19.8 Å². The molecule has 11 nitrogen and oxygen atoms in total. The number of methoxy groups -OCH3 is 1. The van der Waals surface area contributed by atoms with Crippen LogP contribution >= 0.6 is 0 Å². The summed E-state index contributed by atoms with van der Waals surface area (Å²) in [4.78, 5) is 34.6. The lowest BCUT2D eigenvalue weighted by Gasteiger charge is -2.43. The smallest absolute Gasteiger partial charge is 0.247 e. The summed E-state index contributed by atoms with van der Waals surface area (Å²) in [5.74, 6) is -0.655. The van der Waals surface area contributed by atoms with E-state index in [2.05, 4.69) is 48.8 Å². The van der Waals surface area contributed by atoms with Gasteiger partial charge in [-0.2, -0.15) is 0 Å². The molecule has 1 amide bonds. The molecule has 3 saturated heterocycles. The van der Waals surface area contributed by atoms with Crippen LogP contribution in [0.3, 0.4) is 0 Å². The van der Waals surface area contributed by atoms with Gasteiger partial charge in [0.1, 0.15) is 17.9 Å². The van der Waals surface area contributed by atoms with Crippen LogP contribution in [0, 0.1) is 11.6 Å². The number of carbonyl (C=O) groups is 1. The van der Waals surface area contributed by atoms with Gasteiger partial charge in [0, 0.05) is 63.9 Å². The molecule has 250 valence electrons. The first-order valence-electron chi connectivity index (χ1n) is 16.2. The van der Waals surface area contributed by atoms with Crippen molar-refractivity contribution in [2.45, 2.75) is 38.3 Å². The minimum atomic E-state index is -0.913. The summed E-state index contributed by atoms with van der Waals surface area (Å²) < 4.78 is 33.4. The van der Waals surface area contributed by atoms with Crippen molar-refractivity contribution >= 4 is 34.6 Å². The standard InChI is InChI=1S/C34H42F2N8O3/c1-4-34(45)40-27-19-28(31(46-3)20-30(27)43-11-8-24(9-12-43)42-15-13-41(5-2)14-16-42)39-32-21-33(38-22-37-32)44-29(10-17-47-44)23-6-7-25(35)26(36)18-23/h4,6-7,18-22,24,29H,1,5,8-17H2,2-3H3,(H,40,45)(H,37,38,39)/t29-/m1/s1. The first-order valence-corrected chi connectivity index (χ1v) is 16.2. The van der Waals surface area contributed by atoms with Crippen molar-refractivity contribution in [2.75, 3.05) is 80.1 Å². The van der Waals surface area contributed by atoms with Gasteiger partial charge in [-0.05, 0) is 49.2 Å². The lowest BCUT2D eigenvalue weighted by molar-refractivity contribution is -0.111. The van der Waals surface area contributed by atoms with Crippen molar-refractivity contribution in [3.63, 3.8) is 0 Å². The number of rotatable bonds is 10. The van der Waals surface area contributed by atoms with E-state index in [4.69, 9.17) is 9.57 Å². The highest BCUT2D eigenvalue weighted by atomic mass is 19.2. The summed E-state index contributed by atoms with van der Waals surface area (Å²) in [6, 6.07) is 9.52. The molecular formula is C34H42F2N8O3. The van der Waals surface area contributed by atoms with E-state index in [0.717, 1.165) is 70.4 Å². The van der Waals surface area contributed by atoms with Gasteiger partial charge in [0.25, 0.3) is 0 Å². The van der Waals surface area contributed by atoms with E-state index < -0.39 is 11.6 Å². The third kappa shape index (κ3) is 7.32. The van der Waals surface area contributed by atoms with Gasteiger partial charge >= 0.3 is 0 Å². The Kier molecular flexibility index (Phi) is 10.1. The molecule has 0 spiro atoms. The summed E-state index contributed by atoms with van der Waals surface area (Å²) in [6.07, 6.45) is 5.30. The molecule has 0 radical (unpaired) electrons. The highest BCUT2D eigenvalue weighted by Gasteiger charge is 2.31. The lowest BCUT2D eigenvalue weighted by Crippen LogP contribution is -2.53. The number of hydrogen-bond acceptors (Lipinski definition) is 10. The Morgan fingerprint density at radius 3 is 2.51 bits per heavy atom. The van der Waals surface area contributed by atoms with Crippen LogP contribution in [0.15, 0.2) is 55.4 Å². The van der Waals surface area contributed by atoms with Crippen molar-refractivity contribution < 1.29 is 23.1 Å². The van der Waals surface area contributed by atoms with Gasteiger partial charge in [0.05, 0.1) is 36.8 Å². The monoisotopic (exact) mass is 648 g/mol. The SMILES string of the molecule is C=CC(=O)Nc1cc(Nc2cc(N3OCC[C@@H]3c3ccc(F)c(F)c3)ncn2)c(OC)cc1N1CCC(N2CCN(CC)CC2)CC1. The molecule has 0 aliphatic carbocycles. The Bertz CT molecular complexity index is 1580. The highest BCUT2D eigenvalue weighted by molar-refractivity contribution is 6.02. The van der Waals surface area contributed by atoms with E-state index in [1.807, 2.05) is 12.1 Å². The van der Waals surface area contributed by atoms with Gasteiger partial charge in [-0.25, -0.2) is 23.8 Å². The lowest BCUT2D eigenvalue weighted by atomic mass is 10.0. The second kappa shape index (κ2) is 14.6. The molecule has 1 aromatic heterocycles. The largest absolute Gasteiger partial charge is 0.494 e. The molecule has 3 aliphatic rings. The van der Waals surface area contributed by atoms with Gasteiger partial charge in [0.15, 0.2) is 17.5 Å². The number of hydrogen-bond donors (Lipinski definition) is 2. The second-order valence-electron chi connectivity index (χ2n) is 12.0. The molecule has 4 heterocycles. The zero-order valence-corrected chi connectivity index (χ0v) is 26.9. The predicted octanol–water partition coefficient (Wildman–Crippen LogP) is 5.12. The maximum Gasteiger partial charge on any atom is 0.247 e. The van der Waals surface area contributed by atoms with E-state index in [-0.39, 0.29) is 11.9 Å². The van der Waals surface area contributed by atoms with E-state index in [1.165, 1.54) is 18.5 Å². The molecule has 3 fully saturated rings. The molecule has 2 N–H and O–H groups in total. The summed E-state index contributed by atoms with van der Waals surface area (Å²) >= 11 is 0. The average Bonchev–Trinajstić information content (AvgIpc) is 3.60. The van der Waals surface area contributed by atoms with E-state index in [0.29, 0.717) is 53.4 Å². The number of piperidine rings is 1. The Morgan fingerprint density at radius 1 is 1.02 bits per heavy atom. The molecule has 0 bridgehead atoms. The first kappa shape index (κ1) is 32.6. The van der Waals surface area contributed by atoms with E-state index in [1.54, 1.807) is 24.3 Å². The van der Waals surface area contributed by atoms with Crippen LogP contribution < -0.4 is 25.3 Å². The van der Waals surface area contributed by atoms with Crippen molar-refractivity contribution in [3.8, 4) is 5.75 Å². The third-order valence-electron chi connectivity index (χ3n) is 9.31. The summed E-state index contributed by atoms with van der Waals surface area (Å²) in [6.45, 7) is 13.5. The minimum absolute atomic E-state index is 0.315. The number of halogens is 2. The number of ether oxygens (including phenoxy) is 1. The molecule has 47 heavy (non-hydrogen) atoms. The van der Waals surface area contributed by atoms with E-state index in [9.17, 15) is 13.6 Å². The molecule has 2 aromatic carbocycles. The number of nitrogens with one attached hydrogen (secondary N) is 2. The fraction of sp³-hybridized carbons (Fsp3) is 0.441. The zero-order valence-electron chi connectivity index (χ0n) is 26.9. The Morgan fingerprint density at radius 2 is 1.81 bits per heavy atom. The van der Waals surface area contributed by atoms with Gasteiger partial charge in [-0.1, -0.05) is 19.6 Å². The number of piperazine rings is 1. The van der Waals surface area contributed by atoms with Crippen LogP contribution in [-0.2, 0) is 9.63 Å². The molecular weight excluding hydrogens is 606 g/mol. The van der Waals surface area contributed by atoms with Crippen molar-refractivity contribution in [2.24, 2.45) is 0 Å².